The zero-order valence-electron chi connectivity index (χ0n) is 9.77. The normalized spacial score (nSPS) is 10.1. The van der Waals surface area contributed by atoms with E-state index in [1.165, 1.54) is 13.1 Å². The predicted octanol–water partition coefficient (Wildman–Crippen LogP) is 3.26. The summed E-state index contributed by atoms with van der Waals surface area (Å²) in [6, 6.07) is 8.72. The van der Waals surface area contributed by atoms with Crippen LogP contribution in [0.15, 0.2) is 36.5 Å². The highest BCUT2D eigenvalue weighted by molar-refractivity contribution is 6.30. The second-order valence-electron chi connectivity index (χ2n) is 3.85. The quantitative estimate of drug-likeness (QED) is 0.832. The monoisotopic (exact) mass is 261 g/mol. The number of halogens is 1. The van der Waals surface area contributed by atoms with Crippen molar-refractivity contribution in [3.05, 3.63) is 47.1 Å². The van der Waals surface area contributed by atoms with E-state index in [1.54, 1.807) is 30.3 Å². The molecule has 3 N–H and O–H groups in total. The molecule has 0 saturated carbocycles. The third-order valence-corrected chi connectivity index (χ3v) is 2.64. The number of benzene rings is 1. The molecular weight excluding hydrogens is 250 g/mol. The van der Waals surface area contributed by atoms with Gasteiger partial charge in [0.1, 0.15) is 0 Å². The summed E-state index contributed by atoms with van der Waals surface area (Å²) in [7, 11) is 0. The fourth-order valence-corrected chi connectivity index (χ4v) is 1.65. The molecule has 0 bridgehead atoms. The molecule has 0 saturated heterocycles. The van der Waals surface area contributed by atoms with Gasteiger partial charge in [0.05, 0.1) is 10.7 Å². The maximum atomic E-state index is 11.1. The number of rotatable bonds is 3. The summed E-state index contributed by atoms with van der Waals surface area (Å²) in [5, 5.41) is 3.55. The van der Waals surface area contributed by atoms with Gasteiger partial charge in [-0.2, -0.15) is 0 Å². The molecule has 2 rings (SSSR count). The summed E-state index contributed by atoms with van der Waals surface area (Å²) in [5.41, 5.74) is 7.73. The molecule has 0 aliphatic rings. The number of carbonyl (C=O) groups excluding carboxylic acids is 1. The minimum Gasteiger partial charge on any atom is -0.396 e. The molecular formula is C13H12ClN3O. The minimum atomic E-state index is 0.0330. The second kappa shape index (κ2) is 5.06. The van der Waals surface area contributed by atoms with Crippen LogP contribution in [0.5, 0.6) is 0 Å². The van der Waals surface area contributed by atoms with Crippen molar-refractivity contribution in [2.24, 2.45) is 0 Å². The largest absolute Gasteiger partial charge is 0.396 e. The molecule has 4 nitrogen and oxygen atoms in total. The van der Waals surface area contributed by atoms with Gasteiger partial charge < -0.3 is 11.1 Å². The van der Waals surface area contributed by atoms with Crippen LogP contribution in [0.25, 0.3) is 0 Å². The average Bonchev–Trinajstić information content (AvgIpc) is 2.33. The highest BCUT2D eigenvalue weighted by atomic mass is 35.5. The molecule has 18 heavy (non-hydrogen) atoms. The van der Waals surface area contributed by atoms with E-state index in [2.05, 4.69) is 10.3 Å². The standard InChI is InChI=1S/C13H12ClN3O/c1-8(18)9-2-4-11(5-3-9)17-13-12(15)6-10(14)7-16-13/h2-7H,15H2,1H3,(H,16,17). The van der Waals surface area contributed by atoms with Gasteiger partial charge in [-0.1, -0.05) is 11.6 Å². The van der Waals surface area contributed by atoms with Gasteiger partial charge in [-0.3, -0.25) is 4.79 Å². The van der Waals surface area contributed by atoms with Crippen LogP contribution in [-0.4, -0.2) is 10.8 Å². The Hall–Kier alpha value is -2.07. The first-order valence-electron chi connectivity index (χ1n) is 5.35. The fourth-order valence-electron chi connectivity index (χ4n) is 1.48. The molecule has 2 aromatic rings. The van der Waals surface area contributed by atoms with Crippen molar-refractivity contribution >= 4 is 34.6 Å². The molecule has 0 aliphatic heterocycles. The van der Waals surface area contributed by atoms with Gasteiger partial charge in [-0.05, 0) is 37.3 Å². The van der Waals surface area contributed by atoms with Crippen molar-refractivity contribution in [3.8, 4) is 0 Å². The van der Waals surface area contributed by atoms with Gasteiger partial charge in [0.25, 0.3) is 0 Å². The summed E-state index contributed by atoms with van der Waals surface area (Å²) in [5.74, 6) is 0.570. The average molecular weight is 262 g/mol. The maximum Gasteiger partial charge on any atom is 0.159 e. The number of nitrogen functional groups attached to an aromatic ring is 1. The second-order valence-corrected chi connectivity index (χ2v) is 4.29. The molecule has 1 heterocycles. The van der Waals surface area contributed by atoms with E-state index >= 15 is 0 Å². The van der Waals surface area contributed by atoms with E-state index in [4.69, 9.17) is 17.3 Å². The first-order chi connectivity index (χ1) is 8.56. The smallest absolute Gasteiger partial charge is 0.159 e. The van der Waals surface area contributed by atoms with Gasteiger partial charge >= 0.3 is 0 Å². The van der Waals surface area contributed by atoms with E-state index in [1.807, 2.05) is 0 Å². The minimum absolute atomic E-state index is 0.0330. The van der Waals surface area contributed by atoms with Crippen molar-refractivity contribution in [1.29, 1.82) is 0 Å². The molecule has 0 atom stereocenters. The van der Waals surface area contributed by atoms with E-state index in [-0.39, 0.29) is 5.78 Å². The predicted molar refractivity (Wildman–Crippen MR) is 73.4 cm³/mol. The summed E-state index contributed by atoms with van der Waals surface area (Å²) in [4.78, 5) is 15.2. The van der Waals surface area contributed by atoms with Crippen LogP contribution in [0.2, 0.25) is 5.02 Å². The Morgan fingerprint density at radius 1 is 1.33 bits per heavy atom. The third-order valence-electron chi connectivity index (χ3n) is 2.44. The fraction of sp³-hybridized carbons (Fsp3) is 0.0769. The Morgan fingerprint density at radius 2 is 2.00 bits per heavy atom. The number of pyridine rings is 1. The van der Waals surface area contributed by atoms with Gasteiger partial charge in [0, 0.05) is 17.4 Å². The topological polar surface area (TPSA) is 68.0 Å². The van der Waals surface area contributed by atoms with Gasteiger partial charge in [-0.25, -0.2) is 4.98 Å². The number of carbonyl (C=O) groups is 1. The van der Waals surface area contributed by atoms with Crippen molar-refractivity contribution in [1.82, 2.24) is 4.98 Å². The SMILES string of the molecule is CC(=O)c1ccc(Nc2ncc(Cl)cc2N)cc1. The Bertz CT molecular complexity index is 581. The lowest BCUT2D eigenvalue weighted by atomic mass is 10.1. The van der Waals surface area contributed by atoms with Gasteiger partial charge in [0.15, 0.2) is 11.6 Å². The molecule has 1 aromatic carbocycles. The molecule has 0 unspecified atom stereocenters. The van der Waals surface area contributed by atoms with Crippen molar-refractivity contribution in [2.45, 2.75) is 6.92 Å². The molecule has 0 aliphatic carbocycles. The lowest BCUT2D eigenvalue weighted by Crippen LogP contribution is -1.99. The van der Waals surface area contributed by atoms with Crippen molar-refractivity contribution in [2.75, 3.05) is 11.1 Å². The molecule has 1 aromatic heterocycles. The number of nitrogens with two attached hydrogens (primary N) is 1. The van der Waals surface area contributed by atoms with E-state index < -0.39 is 0 Å². The van der Waals surface area contributed by atoms with Crippen molar-refractivity contribution in [3.63, 3.8) is 0 Å². The summed E-state index contributed by atoms with van der Waals surface area (Å²) in [6.45, 7) is 1.53. The molecule has 0 fully saturated rings. The van der Waals surface area contributed by atoms with E-state index in [0.717, 1.165) is 5.69 Å². The highest BCUT2D eigenvalue weighted by Gasteiger charge is 2.03. The van der Waals surface area contributed by atoms with Crippen LogP contribution in [0.3, 0.4) is 0 Å². The Labute approximate surface area is 110 Å². The molecule has 0 radical (unpaired) electrons. The Morgan fingerprint density at radius 3 is 2.56 bits per heavy atom. The number of aromatic nitrogens is 1. The highest BCUT2D eigenvalue weighted by Crippen LogP contribution is 2.23. The Balaban J connectivity index is 2.21. The number of nitrogens with zero attached hydrogens (tertiary/aromatic N) is 1. The van der Waals surface area contributed by atoms with Crippen LogP contribution < -0.4 is 11.1 Å². The summed E-state index contributed by atoms with van der Waals surface area (Å²) >= 11 is 5.77. The van der Waals surface area contributed by atoms with E-state index in [9.17, 15) is 4.79 Å². The van der Waals surface area contributed by atoms with Gasteiger partial charge in [0.2, 0.25) is 0 Å². The number of nitrogens with one attached hydrogen (secondary N) is 1. The molecule has 92 valence electrons. The lowest BCUT2D eigenvalue weighted by molar-refractivity contribution is 0.101. The number of hydrogen-bond acceptors (Lipinski definition) is 4. The first kappa shape index (κ1) is 12.4. The van der Waals surface area contributed by atoms with Crippen LogP contribution in [-0.2, 0) is 0 Å². The maximum absolute atomic E-state index is 11.1. The first-order valence-corrected chi connectivity index (χ1v) is 5.73. The van der Waals surface area contributed by atoms with Gasteiger partial charge in [-0.15, -0.1) is 0 Å². The summed E-state index contributed by atoms with van der Waals surface area (Å²) < 4.78 is 0. The molecule has 0 amide bonds. The van der Waals surface area contributed by atoms with Crippen LogP contribution in [0, 0.1) is 0 Å². The molecule has 5 heteroatoms. The zero-order chi connectivity index (χ0) is 13.1. The van der Waals surface area contributed by atoms with Crippen LogP contribution in [0.1, 0.15) is 17.3 Å². The third kappa shape index (κ3) is 2.78. The Kier molecular flexibility index (Phi) is 3.48. The number of anilines is 3. The molecule has 0 spiro atoms. The summed E-state index contributed by atoms with van der Waals surface area (Å²) in [6.07, 6.45) is 1.52. The lowest BCUT2D eigenvalue weighted by Gasteiger charge is -2.08. The van der Waals surface area contributed by atoms with Crippen molar-refractivity contribution < 1.29 is 4.79 Å². The van der Waals surface area contributed by atoms with Crippen LogP contribution >= 0.6 is 11.6 Å². The number of Topliss-reactive ketones (excluding diaryl/α,β-unsaturated/α-hetero) is 1. The number of hydrogen-bond donors (Lipinski definition) is 2. The van der Waals surface area contributed by atoms with E-state index in [0.29, 0.717) is 22.1 Å². The van der Waals surface area contributed by atoms with Crippen LogP contribution in [0.4, 0.5) is 17.2 Å². The number of ketones is 1. The zero-order valence-corrected chi connectivity index (χ0v) is 10.5.